The second kappa shape index (κ2) is 33.9. The van der Waals surface area contributed by atoms with Gasteiger partial charge in [0, 0.05) is 13.8 Å². The zero-order valence-electron chi connectivity index (χ0n) is 51.7. The van der Waals surface area contributed by atoms with Crippen LogP contribution in [0.2, 0.25) is 0 Å². The average Bonchev–Trinajstić information content (AvgIpc) is 0.769. The summed E-state index contributed by atoms with van der Waals surface area (Å²) in [7, 11) is -5.60. The molecule has 40 atom stereocenters. The number of aliphatic hydroxyl groups is 21. The first-order valence-electron chi connectivity index (χ1n) is 30.5. The van der Waals surface area contributed by atoms with Gasteiger partial charge in [0.1, 0.15) is 183 Å². The smallest absolute Gasteiger partial charge is 0.394 e. The minimum Gasteiger partial charge on any atom is -0.394 e. The molecule has 0 unspecified atom stereocenters. The molecule has 44 nitrogen and oxygen atoms in total. The quantitative estimate of drug-likeness (QED) is 0.0399. The number of hydrogen-bond acceptors (Lipinski definition) is 41. The molecular weight excluding hydrogens is 1360 g/mol. The summed E-state index contributed by atoms with van der Waals surface area (Å²) in [5.41, 5.74) is 0. The molecule has 8 heterocycles. The van der Waals surface area contributed by atoms with Crippen molar-refractivity contribution in [3.05, 3.63) is 0 Å². The molecular formula is C52H88N2O42S. The van der Waals surface area contributed by atoms with Crippen LogP contribution in [0.5, 0.6) is 0 Å². The van der Waals surface area contributed by atoms with E-state index in [1.165, 1.54) is 13.8 Å². The second-order valence-corrected chi connectivity index (χ2v) is 25.4. The molecule has 8 aliphatic rings. The van der Waals surface area contributed by atoms with Crippen molar-refractivity contribution in [1.82, 2.24) is 10.6 Å². The van der Waals surface area contributed by atoms with Crippen LogP contribution in [-0.4, -0.2) is 417 Å². The molecule has 0 spiro atoms. The van der Waals surface area contributed by atoms with Gasteiger partial charge in [0.05, 0.1) is 51.8 Å². The third-order valence-corrected chi connectivity index (χ3v) is 18.0. The zero-order valence-corrected chi connectivity index (χ0v) is 52.6. The van der Waals surface area contributed by atoms with Crippen LogP contribution in [0.15, 0.2) is 0 Å². The van der Waals surface area contributed by atoms with E-state index >= 15 is 0 Å². The van der Waals surface area contributed by atoms with E-state index in [1.807, 2.05) is 0 Å². The minimum absolute atomic E-state index is 0.876. The minimum atomic E-state index is -5.60. The Labute approximate surface area is 549 Å². The molecule has 0 aliphatic carbocycles. The number of ether oxygens (including phenoxy) is 15. The van der Waals surface area contributed by atoms with E-state index in [-0.39, 0.29) is 0 Å². The highest BCUT2D eigenvalue weighted by molar-refractivity contribution is 7.80. The summed E-state index contributed by atoms with van der Waals surface area (Å²) in [5.74, 6) is -2.04. The molecule has 8 rings (SSSR count). The summed E-state index contributed by atoms with van der Waals surface area (Å²) < 4.78 is 127. The van der Waals surface area contributed by atoms with E-state index < -0.39 is 307 Å². The largest absolute Gasteiger partial charge is 0.397 e. The maximum Gasteiger partial charge on any atom is 0.397 e. The molecule has 0 aromatic carbocycles. The van der Waals surface area contributed by atoms with Gasteiger partial charge < -0.3 is 189 Å². The normalized spacial score (nSPS) is 50.2. The molecule has 0 aromatic rings. The van der Waals surface area contributed by atoms with Crippen molar-refractivity contribution in [2.24, 2.45) is 0 Å². The van der Waals surface area contributed by atoms with E-state index in [2.05, 4.69) is 10.6 Å². The molecule has 24 N–H and O–H groups in total. The Hall–Kier alpha value is -2.63. The van der Waals surface area contributed by atoms with Crippen LogP contribution in [0.3, 0.4) is 0 Å². The number of nitrogens with one attached hydrogen (secondary N) is 2. The first kappa shape index (κ1) is 80.1. The summed E-state index contributed by atoms with van der Waals surface area (Å²) in [6.07, 6.45) is -78.7. The van der Waals surface area contributed by atoms with E-state index in [0.29, 0.717) is 0 Å². The standard InChI is InChI=1S/C52H88N2O42S/c1-11-23(62)29(68)34(73)48(82-11)93-41-22(54-14(4)61)47(95-42-27(66)17(7-57)86-50(36(42)75)90-38-19(9-59)84-45(77)33(72)32(38)71)89-20(10-81-97(78,79)80)39(41)91-51-37(76)43(28(67)18(8-58)87-51)94-46-21(53-13(3)60)40(26(65)16(6-56)85-46)92-52-44(31(70)25(64)15(5-55)88-52)96-49-35(74)30(69)24(63)12(2)83-49/h11-12,15-52,55-59,62-77H,5-10H2,1-4H3,(H,53,60)(H,54,61)(H,78,79,80)/t11-,12-,15+,16+,17+,18+,19+,20+,21+,22+,23+,24+,25-,26+,27-,28-,29+,30+,31-,32+,33+,34-,35-,36+,37+,38+,39+,40+,41+,42-,43-,44+,45-,46-,47-,48-,49-,50-,51-,52-/m0/s1. The Bertz CT molecular complexity index is 2620. The van der Waals surface area contributed by atoms with Gasteiger partial charge in [-0.1, -0.05) is 0 Å². The number of rotatable bonds is 24. The maximum atomic E-state index is 13.4. The lowest BCUT2D eigenvalue weighted by atomic mass is 9.93. The maximum absolute atomic E-state index is 13.4. The van der Waals surface area contributed by atoms with Crippen LogP contribution in [0, 0.1) is 0 Å². The van der Waals surface area contributed by atoms with Crippen LogP contribution in [-0.2, 0) is 95.2 Å². The van der Waals surface area contributed by atoms with Crippen molar-refractivity contribution in [1.29, 1.82) is 0 Å². The van der Waals surface area contributed by atoms with Gasteiger partial charge in [-0.15, -0.1) is 0 Å². The summed E-state index contributed by atoms with van der Waals surface area (Å²) in [5, 5.41) is 235. The number of aliphatic hydroxyl groups excluding tert-OH is 21. The van der Waals surface area contributed by atoms with Gasteiger partial charge in [0.25, 0.3) is 0 Å². The van der Waals surface area contributed by atoms with E-state index in [0.717, 1.165) is 13.8 Å². The fourth-order valence-electron chi connectivity index (χ4n) is 12.3. The number of carbonyl (C=O) groups excluding carboxylic acids is 2. The predicted octanol–water partition coefficient (Wildman–Crippen LogP) is -16.3. The Morgan fingerprint density at radius 3 is 1.11 bits per heavy atom. The lowest BCUT2D eigenvalue weighted by Gasteiger charge is -2.52. The van der Waals surface area contributed by atoms with Crippen molar-refractivity contribution in [2.45, 2.75) is 273 Å². The molecule has 8 fully saturated rings. The summed E-state index contributed by atoms with van der Waals surface area (Å²) >= 11 is 0. The van der Waals surface area contributed by atoms with E-state index in [4.69, 9.17) is 75.2 Å². The molecule has 8 aliphatic heterocycles. The Morgan fingerprint density at radius 2 is 0.670 bits per heavy atom. The molecule has 0 saturated carbocycles. The lowest BCUT2D eigenvalue weighted by molar-refractivity contribution is -0.398. The molecule has 0 aromatic heterocycles. The molecule has 45 heteroatoms. The summed E-state index contributed by atoms with van der Waals surface area (Å²) in [4.78, 5) is 26.5. The van der Waals surface area contributed by atoms with E-state index in [9.17, 15) is 130 Å². The molecule has 0 bridgehead atoms. The lowest BCUT2D eigenvalue weighted by Crippen LogP contribution is -2.72. The topological polar surface area (TPSA) is 685 Å². The second-order valence-electron chi connectivity index (χ2n) is 24.3. The fraction of sp³-hybridized carbons (Fsp3) is 0.962. The first-order chi connectivity index (χ1) is 45.6. The molecule has 0 radical (unpaired) electrons. The van der Waals surface area contributed by atoms with Crippen molar-refractivity contribution in [3.8, 4) is 0 Å². The van der Waals surface area contributed by atoms with Crippen molar-refractivity contribution in [3.63, 3.8) is 0 Å². The van der Waals surface area contributed by atoms with Gasteiger partial charge in [-0.2, -0.15) is 8.42 Å². The molecule has 97 heavy (non-hydrogen) atoms. The molecule has 564 valence electrons. The van der Waals surface area contributed by atoms with Gasteiger partial charge in [-0.05, 0) is 13.8 Å². The predicted molar refractivity (Wildman–Crippen MR) is 295 cm³/mol. The van der Waals surface area contributed by atoms with Crippen molar-refractivity contribution < 1.29 is 205 Å². The van der Waals surface area contributed by atoms with Crippen molar-refractivity contribution in [2.75, 3.05) is 39.6 Å². The SMILES string of the molecule is CC(=O)N[C@H]1[C@H](O[C@H]2[C@@H](O)[C@@H](CO)O[C@@H](O[C@H]3[C@H](O)[C@@H](O)[C@@H](O)O[C@@H]3CO)[C@@H]2O)O[C@H](COS(=O)(=O)O)[C@@H](O[C@@H]2O[C@H](CO)[C@H](O)[C@H](O[C@@H]3O[C@H](CO)[C@@H](O)[C@H](O[C@@H]4O[C@H](CO)[C@H](O)[C@H](O)[C@H]4O[C@@H]4O[C@@H](C)[C@@H](O)[C@@H](O)[C@@H]4O)[C@H]3NC(C)=O)[C@H]2O)[C@@H]1O[C@@H]1O[C@@H](C)[C@@H](O)[C@@H](O)[C@@H]1O. The van der Waals surface area contributed by atoms with Gasteiger partial charge in [-0.3, -0.25) is 14.1 Å². The van der Waals surface area contributed by atoms with Crippen LogP contribution in [0.25, 0.3) is 0 Å². The number of amides is 2. The highest BCUT2D eigenvalue weighted by atomic mass is 32.3. The van der Waals surface area contributed by atoms with Gasteiger partial charge >= 0.3 is 10.4 Å². The van der Waals surface area contributed by atoms with Gasteiger partial charge in [0.15, 0.2) is 50.3 Å². The molecule has 2 amide bonds. The number of carbonyl (C=O) groups is 2. The van der Waals surface area contributed by atoms with Crippen LogP contribution in [0.1, 0.15) is 27.7 Å². The zero-order chi connectivity index (χ0) is 71.7. The summed E-state index contributed by atoms with van der Waals surface area (Å²) in [6, 6.07) is -4.11. The van der Waals surface area contributed by atoms with Crippen LogP contribution >= 0.6 is 0 Å². The van der Waals surface area contributed by atoms with Crippen molar-refractivity contribution >= 4 is 22.2 Å². The third-order valence-electron chi connectivity index (χ3n) is 17.6. The average molecular weight is 1450 g/mol. The fourth-order valence-corrected chi connectivity index (χ4v) is 12.6. The van der Waals surface area contributed by atoms with Crippen LogP contribution < -0.4 is 10.6 Å². The Kier molecular flexibility index (Phi) is 28.0. The number of hydrogen-bond donors (Lipinski definition) is 24. The first-order valence-corrected chi connectivity index (χ1v) is 31.9. The van der Waals surface area contributed by atoms with E-state index in [1.54, 1.807) is 0 Å². The Balaban J connectivity index is 1.15. The Morgan fingerprint density at radius 1 is 0.330 bits per heavy atom. The van der Waals surface area contributed by atoms with Crippen LogP contribution in [0.4, 0.5) is 0 Å². The highest BCUT2D eigenvalue weighted by Crippen LogP contribution is 2.40. The monoisotopic (exact) mass is 1440 g/mol. The van der Waals surface area contributed by atoms with Gasteiger partial charge in [0.2, 0.25) is 11.8 Å². The molecule has 8 saturated heterocycles. The van der Waals surface area contributed by atoms with Gasteiger partial charge in [-0.25, -0.2) is 4.18 Å². The summed E-state index contributed by atoms with van der Waals surface area (Å²) in [6.45, 7) is -2.79. The highest BCUT2D eigenvalue weighted by Gasteiger charge is 2.61. The third kappa shape index (κ3) is 17.8.